The first-order valence-corrected chi connectivity index (χ1v) is 6.18. The van der Waals surface area contributed by atoms with Crippen LogP contribution in [-0.2, 0) is 6.18 Å². The van der Waals surface area contributed by atoms with Crippen LogP contribution in [0.1, 0.15) is 17.2 Å². The molecule has 1 aromatic carbocycles. The Morgan fingerprint density at radius 1 is 1.18 bits per heavy atom. The van der Waals surface area contributed by atoms with Gasteiger partial charge < -0.3 is 10.4 Å². The molecule has 0 spiro atoms. The lowest BCUT2D eigenvalue weighted by atomic mass is 10.1. The summed E-state index contributed by atoms with van der Waals surface area (Å²) in [5.74, 6) is -2.27. The summed E-state index contributed by atoms with van der Waals surface area (Å²) in [7, 11) is 0. The maximum atomic E-state index is 13.5. The Bertz CT molecular complexity index is 660. The fourth-order valence-electron chi connectivity index (χ4n) is 1.85. The molecule has 0 amide bonds. The van der Waals surface area contributed by atoms with Gasteiger partial charge in [0.1, 0.15) is 17.5 Å². The van der Waals surface area contributed by atoms with Crippen molar-refractivity contribution in [2.75, 3.05) is 11.9 Å². The molecule has 8 heteroatoms. The first-order valence-electron chi connectivity index (χ1n) is 6.18. The van der Waals surface area contributed by atoms with Crippen LogP contribution in [0.2, 0.25) is 0 Å². The van der Waals surface area contributed by atoms with E-state index in [2.05, 4.69) is 10.3 Å². The predicted molar refractivity (Wildman–Crippen MR) is 69.0 cm³/mol. The average molecular weight is 318 g/mol. The number of alkyl halides is 3. The van der Waals surface area contributed by atoms with Crippen LogP contribution >= 0.6 is 0 Å². The lowest BCUT2D eigenvalue weighted by Crippen LogP contribution is -2.17. The molecule has 3 nitrogen and oxygen atoms in total. The lowest BCUT2D eigenvalue weighted by Gasteiger charge is -2.16. The van der Waals surface area contributed by atoms with Crippen LogP contribution < -0.4 is 5.32 Å². The van der Waals surface area contributed by atoms with Crippen LogP contribution in [-0.4, -0.2) is 16.6 Å². The molecule has 0 aliphatic rings. The zero-order chi connectivity index (χ0) is 16.3. The van der Waals surface area contributed by atoms with Crippen molar-refractivity contribution in [3.8, 4) is 0 Å². The Morgan fingerprint density at radius 3 is 2.55 bits per heavy atom. The number of rotatable bonds is 4. The van der Waals surface area contributed by atoms with Gasteiger partial charge in [-0.3, -0.25) is 0 Å². The van der Waals surface area contributed by atoms with E-state index in [0.29, 0.717) is 6.07 Å². The molecule has 0 aliphatic heterocycles. The quantitative estimate of drug-likeness (QED) is 0.848. The fourth-order valence-corrected chi connectivity index (χ4v) is 1.85. The van der Waals surface area contributed by atoms with Crippen molar-refractivity contribution < 1.29 is 27.1 Å². The number of nitrogens with one attached hydrogen (secondary N) is 1. The van der Waals surface area contributed by atoms with Gasteiger partial charge in [0.2, 0.25) is 0 Å². The molecule has 1 heterocycles. The fraction of sp³-hybridized carbons (Fsp3) is 0.214. The maximum Gasteiger partial charge on any atom is 0.419 e. The van der Waals surface area contributed by atoms with Gasteiger partial charge in [-0.05, 0) is 18.2 Å². The van der Waals surface area contributed by atoms with Crippen molar-refractivity contribution in [3.63, 3.8) is 0 Å². The van der Waals surface area contributed by atoms with E-state index in [0.717, 1.165) is 30.5 Å². The zero-order valence-corrected chi connectivity index (χ0v) is 11.0. The Morgan fingerprint density at radius 2 is 1.91 bits per heavy atom. The normalized spacial score (nSPS) is 13.0. The van der Waals surface area contributed by atoms with Crippen LogP contribution in [0.4, 0.5) is 27.8 Å². The third-order valence-electron chi connectivity index (χ3n) is 2.90. The third kappa shape index (κ3) is 3.70. The highest BCUT2D eigenvalue weighted by Gasteiger charge is 2.34. The predicted octanol–water partition coefficient (Wildman–Crippen LogP) is 3.52. The molecule has 1 aromatic heterocycles. The Hall–Kier alpha value is -2.22. The van der Waals surface area contributed by atoms with E-state index >= 15 is 0 Å². The molecule has 2 aromatic rings. The van der Waals surface area contributed by atoms with Crippen molar-refractivity contribution >= 4 is 5.82 Å². The van der Waals surface area contributed by atoms with Crippen molar-refractivity contribution in [1.29, 1.82) is 0 Å². The molecule has 0 aliphatic carbocycles. The number of halogens is 5. The number of pyridine rings is 1. The SMILES string of the molecule is OC(CNc1ncccc1C(F)(F)F)c1ccc(F)cc1F. The minimum Gasteiger partial charge on any atom is -0.386 e. The summed E-state index contributed by atoms with van der Waals surface area (Å²) in [5, 5.41) is 12.1. The minimum absolute atomic E-state index is 0.224. The molecule has 0 bridgehead atoms. The van der Waals surface area contributed by atoms with Gasteiger partial charge in [0, 0.05) is 24.4 Å². The van der Waals surface area contributed by atoms with Gasteiger partial charge >= 0.3 is 6.18 Å². The van der Waals surface area contributed by atoms with E-state index in [9.17, 15) is 27.1 Å². The smallest absolute Gasteiger partial charge is 0.386 e. The van der Waals surface area contributed by atoms with Crippen LogP contribution in [0, 0.1) is 11.6 Å². The summed E-state index contributed by atoms with van der Waals surface area (Å²) in [6.07, 6.45) is -4.91. The molecule has 0 saturated carbocycles. The van der Waals surface area contributed by atoms with E-state index in [4.69, 9.17) is 0 Å². The molecular weight excluding hydrogens is 307 g/mol. The number of aliphatic hydroxyl groups excluding tert-OH is 1. The summed E-state index contributed by atoms with van der Waals surface area (Å²) in [6, 6.07) is 4.52. The van der Waals surface area contributed by atoms with Crippen LogP contribution in [0.5, 0.6) is 0 Å². The summed E-state index contributed by atoms with van der Waals surface area (Å²) in [5.41, 5.74) is -1.22. The van der Waals surface area contributed by atoms with E-state index in [1.165, 1.54) is 0 Å². The third-order valence-corrected chi connectivity index (χ3v) is 2.90. The second-order valence-corrected chi connectivity index (χ2v) is 4.46. The van der Waals surface area contributed by atoms with Gasteiger partial charge in [-0.2, -0.15) is 13.2 Å². The van der Waals surface area contributed by atoms with Crippen LogP contribution in [0.15, 0.2) is 36.5 Å². The highest BCUT2D eigenvalue weighted by molar-refractivity contribution is 5.45. The summed E-state index contributed by atoms with van der Waals surface area (Å²) < 4.78 is 64.5. The lowest BCUT2D eigenvalue weighted by molar-refractivity contribution is -0.137. The molecule has 0 fully saturated rings. The molecule has 1 atom stereocenters. The van der Waals surface area contributed by atoms with Gasteiger partial charge in [0.15, 0.2) is 0 Å². The number of aromatic nitrogens is 1. The second kappa shape index (κ2) is 6.27. The van der Waals surface area contributed by atoms with Gasteiger partial charge in [0.25, 0.3) is 0 Å². The molecule has 2 N–H and O–H groups in total. The first kappa shape index (κ1) is 16.2. The van der Waals surface area contributed by atoms with E-state index in [1.807, 2.05) is 0 Å². The molecule has 118 valence electrons. The van der Waals surface area contributed by atoms with Gasteiger partial charge in [-0.25, -0.2) is 13.8 Å². The standard InChI is InChI=1S/C14H11F5N2O/c15-8-3-4-9(11(16)6-8)12(22)7-21-13-10(14(17,18)19)2-1-5-20-13/h1-6,12,22H,7H2,(H,20,21). The van der Waals surface area contributed by atoms with E-state index < -0.39 is 41.8 Å². The molecule has 1 unspecified atom stereocenters. The second-order valence-electron chi connectivity index (χ2n) is 4.46. The minimum atomic E-state index is -4.61. The Balaban J connectivity index is 2.13. The summed E-state index contributed by atoms with van der Waals surface area (Å²) in [4.78, 5) is 3.55. The number of benzene rings is 1. The summed E-state index contributed by atoms with van der Waals surface area (Å²) in [6.45, 7) is -0.414. The zero-order valence-electron chi connectivity index (χ0n) is 11.0. The molecule has 0 radical (unpaired) electrons. The number of hydrogen-bond donors (Lipinski definition) is 2. The number of anilines is 1. The van der Waals surface area contributed by atoms with Crippen molar-refractivity contribution in [2.24, 2.45) is 0 Å². The van der Waals surface area contributed by atoms with E-state index in [1.54, 1.807) is 0 Å². The van der Waals surface area contributed by atoms with Gasteiger partial charge in [0.05, 0.1) is 11.7 Å². The highest BCUT2D eigenvalue weighted by atomic mass is 19.4. The Kier molecular flexibility index (Phi) is 4.60. The summed E-state index contributed by atoms with van der Waals surface area (Å²) >= 11 is 0. The topological polar surface area (TPSA) is 45.1 Å². The molecule has 0 saturated heterocycles. The molecule has 2 rings (SSSR count). The molecular formula is C14H11F5N2O. The molecule has 22 heavy (non-hydrogen) atoms. The van der Waals surface area contributed by atoms with Gasteiger partial charge in [-0.15, -0.1) is 0 Å². The Labute approximate surface area is 122 Å². The number of aliphatic hydroxyl groups is 1. The van der Waals surface area contributed by atoms with Crippen molar-refractivity contribution in [1.82, 2.24) is 4.98 Å². The van der Waals surface area contributed by atoms with E-state index in [-0.39, 0.29) is 5.56 Å². The first-order chi connectivity index (χ1) is 10.3. The average Bonchev–Trinajstić information content (AvgIpc) is 2.44. The largest absolute Gasteiger partial charge is 0.419 e. The van der Waals surface area contributed by atoms with Crippen LogP contribution in [0.3, 0.4) is 0 Å². The monoisotopic (exact) mass is 318 g/mol. The maximum absolute atomic E-state index is 13.5. The number of hydrogen-bond acceptors (Lipinski definition) is 3. The van der Waals surface area contributed by atoms with Gasteiger partial charge in [-0.1, -0.05) is 6.07 Å². The highest BCUT2D eigenvalue weighted by Crippen LogP contribution is 2.33. The van der Waals surface area contributed by atoms with Crippen LogP contribution in [0.25, 0.3) is 0 Å². The van der Waals surface area contributed by atoms with Crippen molar-refractivity contribution in [3.05, 3.63) is 59.3 Å². The van der Waals surface area contributed by atoms with Crippen molar-refractivity contribution in [2.45, 2.75) is 12.3 Å². The number of nitrogens with zero attached hydrogens (tertiary/aromatic N) is 1.